The van der Waals surface area contributed by atoms with Gasteiger partial charge in [0.05, 0.1) is 16.9 Å². The van der Waals surface area contributed by atoms with Gasteiger partial charge in [0, 0.05) is 36.0 Å². The van der Waals surface area contributed by atoms with Gasteiger partial charge in [0.1, 0.15) is 0 Å². The molecule has 4 heterocycles. The molecule has 5 rings (SSSR count). The second kappa shape index (κ2) is 7.64. The van der Waals surface area contributed by atoms with Crippen LogP contribution in [0.2, 0.25) is 0 Å². The Bertz CT molecular complexity index is 1240. The third kappa shape index (κ3) is 3.24. The van der Waals surface area contributed by atoms with Crippen molar-refractivity contribution >= 4 is 34.4 Å². The van der Waals surface area contributed by atoms with Gasteiger partial charge < -0.3 is 0 Å². The van der Waals surface area contributed by atoms with E-state index in [4.69, 9.17) is 4.98 Å². The summed E-state index contributed by atoms with van der Waals surface area (Å²) in [6.07, 6.45) is 3.53. The Labute approximate surface area is 175 Å². The summed E-state index contributed by atoms with van der Waals surface area (Å²) in [5, 5.41) is 11.1. The molecular weight excluding hydrogens is 404 g/mol. The summed E-state index contributed by atoms with van der Waals surface area (Å²) in [5.41, 5.74) is 1.77. The number of aromatic nitrogens is 6. The topological polar surface area (TPSA) is 78.5 Å². The Hall–Kier alpha value is -2.65. The van der Waals surface area contributed by atoms with Crippen molar-refractivity contribution in [1.82, 2.24) is 29.3 Å². The second-order valence-corrected chi connectivity index (χ2v) is 8.62. The molecule has 146 valence electrons. The third-order valence-corrected chi connectivity index (χ3v) is 7.13. The van der Waals surface area contributed by atoms with Gasteiger partial charge in [0.15, 0.2) is 16.1 Å². The SMILES string of the molecule is CCn1c(SCC2CSc3nnc(-c4ccncc4)n32)nc2ccccc2c1=O. The van der Waals surface area contributed by atoms with E-state index in [0.717, 1.165) is 38.7 Å². The minimum Gasteiger partial charge on any atom is -0.297 e. The molecule has 0 bridgehead atoms. The highest BCUT2D eigenvalue weighted by Crippen LogP contribution is 2.38. The Morgan fingerprint density at radius 2 is 2.00 bits per heavy atom. The summed E-state index contributed by atoms with van der Waals surface area (Å²) in [4.78, 5) is 21.7. The van der Waals surface area contributed by atoms with Crippen LogP contribution in [-0.2, 0) is 6.54 Å². The van der Waals surface area contributed by atoms with Gasteiger partial charge >= 0.3 is 0 Å². The summed E-state index contributed by atoms with van der Waals surface area (Å²) in [7, 11) is 0. The van der Waals surface area contributed by atoms with E-state index in [1.54, 1.807) is 40.5 Å². The van der Waals surface area contributed by atoms with Gasteiger partial charge in [-0.05, 0) is 31.2 Å². The summed E-state index contributed by atoms with van der Waals surface area (Å²) in [6.45, 7) is 2.57. The Kier molecular flexibility index (Phi) is 4.84. The number of pyridine rings is 1. The standard InChI is InChI=1S/C20H18N6OS2/c1-2-25-18(27)15-5-3-4-6-16(15)22-19(25)28-11-14-12-29-20-24-23-17(26(14)20)13-7-9-21-10-8-13/h3-10,14H,2,11-12H2,1H3. The monoisotopic (exact) mass is 422 g/mol. The fourth-order valence-electron chi connectivity index (χ4n) is 3.48. The molecule has 0 saturated heterocycles. The van der Waals surface area contributed by atoms with Gasteiger partial charge in [-0.25, -0.2) is 4.98 Å². The molecule has 3 aromatic heterocycles. The first-order valence-electron chi connectivity index (χ1n) is 9.36. The van der Waals surface area contributed by atoms with Crippen molar-refractivity contribution in [2.75, 3.05) is 11.5 Å². The van der Waals surface area contributed by atoms with Crippen LogP contribution in [0.5, 0.6) is 0 Å². The highest BCUT2D eigenvalue weighted by atomic mass is 32.2. The van der Waals surface area contributed by atoms with E-state index in [9.17, 15) is 4.79 Å². The quantitative estimate of drug-likeness (QED) is 0.360. The summed E-state index contributed by atoms with van der Waals surface area (Å²) in [6, 6.07) is 11.6. The van der Waals surface area contributed by atoms with Gasteiger partial charge in [0.2, 0.25) is 0 Å². The van der Waals surface area contributed by atoms with Crippen molar-refractivity contribution in [3.05, 3.63) is 59.1 Å². The van der Waals surface area contributed by atoms with E-state index in [-0.39, 0.29) is 11.6 Å². The molecular formula is C20H18N6OS2. The molecule has 0 amide bonds. The molecule has 4 aromatic rings. The molecule has 1 aliphatic heterocycles. The van der Waals surface area contributed by atoms with Crippen LogP contribution in [-0.4, -0.2) is 40.8 Å². The van der Waals surface area contributed by atoms with Crippen molar-refractivity contribution in [2.24, 2.45) is 0 Å². The molecule has 0 spiro atoms. The number of hydrogen-bond donors (Lipinski definition) is 0. The number of rotatable bonds is 5. The largest absolute Gasteiger partial charge is 0.297 e. The fraction of sp³-hybridized carbons (Fsp3) is 0.250. The number of hydrogen-bond acceptors (Lipinski definition) is 7. The highest BCUT2D eigenvalue weighted by molar-refractivity contribution is 8.00. The maximum Gasteiger partial charge on any atom is 0.262 e. The first-order chi connectivity index (χ1) is 14.3. The lowest BCUT2D eigenvalue weighted by Crippen LogP contribution is -2.23. The first kappa shape index (κ1) is 18.4. The van der Waals surface area contributed by atoms with E-state index >= 15 is 0 Å². The van der Waals surface area contributed by atoms with Crippen molar-refractivity contribution in [3.8, 4) is 11.4 Å². The van der Waals surface area contributed by atoms with E-state index in [1.807, 2.05) is 43.3 Å². The normalized spacial score (nSPS) is 15.7. The molecule has 0 N–H and O–H groups in total. The van der Waals surface area contributed by atoms with E-state index < -0.39 is 0 Å². The molecule has 0 aliphatic carbocycles. The molecule has 1 aromatic carbocycles. The van der Waals surface area contributed by atoms with Gasteiger partial charge in [-0.1, -0.05) is 35.7 Å². The number of fused-ring (bicyclic) bond motifs is 2. The van der Waals surface area contributed by atoms with Crippen LogP contribution in [0.1, 0.15) is 13.0 Å². The van der Waals surface area contributed by atoms with Crippen LogP contribution < -0.4 is 5.56 Å². The van der Waals surface area contributed by atoms with Crippen LogP contribution in [0.15, 0.2) is 63.9 Å². The summed E-state index contributed by atoms with van der Waals surface area (Å²) in [5.74, 6) is 2.58. The predicted octanol–water partition coefficient (Wildman–Crippen LogP) is 3.51. The van der Waals surface area contributed by atoms with Crippen molar-refractivity contribution in [2.45, 2.75) is 29.8 Å². The number of para-hydroxylation sites is 1. The first-order valence-corrected chi connectivity index (χ1v) is 11.3. The molecule has 0 saturated carbocycles. The number of nitrogens with zero attached hydrogens (tertiary/aromatic N) is 6. The lowest BCUT2D eigenvalue weighted by Gasteiger charge is -2.16. The molecule has 1 atom stereocenters. The minimum absolute atomic E-state index is 0.0175. The van der Waals surface area contributed by atoms with Gasteiger partial charge in [-0.15, -0.1) is 10.2 Å². The molecule has 1 aliphatic rings. The van der Waals surface area contributed by atoms with E-state index in [0.29, 0.717) is 11.9 Å². The van der Waals surface area contributed by atoms with Crippen LogP contribution in [0.4, 0.5) is 0 Å². The van der Waals surface area contributed by atoms with Crippen LogP contribution in [0.25, 0.3) is 22.3 Å². The fourth-order valence-corrected chi connectivity index (χ4v) is 5.85. The van der Waals surface area contributed by atoms with Crippen LogP contribution in [0, 0.1) is 0 Å². The van der Waals surface area contributed by atoms with Crippen molar-refractivity contribution in [1.29, 1.82) is 0 Å². The lowest BCUT2D eigenvalue weighted by atomic mass is 10.2. The third-order valence-electron chi connectivity index (χ3n) is 4.92. The van der Waals surface area contributed by atoms with Gasteiger partial charge in [-0.2, -0.15) is 0 Å². The van der Waals surface area contributed by atoms with E-state index in [1.165, 1.54) is 0 Å². The smallest absolute Gasteiger partial charge is 0.262 e. The minimum atomic E-state index is 0.0175. The molecule has 7 nitrogen and oxygen atoms in total. The zero-order chi connectivity index (χ0) is 19.8. The van der Waals surface area contributed by atoms with Crippen LogP contribution in [0.3, 0.4) is 0 Å². The average molecular weight is 423 g/mol. The van der Waals surface area contributed by atoms with Gasteiger partial charge in [-0.3, -0.25) is 18.9 Å². The van der Waals surface area contributed by atoms with Gasteiger partial charge in [0.25, 0.3) is 5.56 Å². The number of thioether (sulfide) groups is 2. The number of benzene rings is 1. The zero-order valence-corrected chi connectivity index (χ0v) is 17.4. The second-order valence-electron chi connectivity index (χ2n) is 6.65. The summed E-state index contributed by atoms with van der Waals surface area (Å²) >= 11 is 3.33. The highest BCUT2D eigenvalue weighted by Gasteiger charge is 2.29. The van der Waals surface area contributed by atoms with Crippen molar-refractivity contribution in [3.63, 3.8) is 0 Å². The summed E-state index contributed by atoms with van der Waals surface area (Å²) < 4.78 is 3.95. The van der Waals surface area contributed by atoms with Crippen molar-refractivity contribution < 1.29 is 0 Å². The Morgan fingerprint density at radius 3 is 2.83 bits per heavy atom. The lowest BCUT2D eigenvalue weighted by molar-refractivity contribution is 0.592. The van der Waals surface area contributed by atoms with Crippen LogP contribution >= 0.6 is 23.5 Å². The predicted molar refractivity (Wildman–Crippen MR) is 115 cm³/mol. The molecule has 0 fully saturated rings. The zero-order valence-electron chi connectivity index (χ0n) is 15.7. The maximum atomic E-state index is 12.8. The molecule has 1 unspecified atom stereocenters. The Morgan fingerprint density at radius 1 is 1.17 bits per heavy atom. The molecule has 9 heteroatoms. The Balaban J connectivity index is 1.46. The average Bonchev–Trinajstić information content (AvgIpc) is 3.35. The maximum absolute atomic E-state index is 12.8. The van der Waals surface area contributed by atoms with E-state index in [2.05, 4.69) is 19.7 Å². The molecule has 29 heavy (non-hydrogen) atoms. The molecule has 0 radical (unpaired) electrons.